The van der Waals surface area contributed by atoms with Crippen molar-refractivity contribution >= 4 is 11.6 Å². The predicted molar refractivity (Wildman–Crippen MR) is 75.9 cm³/mol. The van der Waals surface area contributed by atoms with Crippen molar-refractivity contribution < 1.29 is 0 Å². The molecule has 0 saturated carbocycles. The molecule has 1 saturated heterocycles. The summed E-state index contributed by atoms with van der Waals surface area (Å²) < 4.78 is 0. The van der Waals surface area contributed by atoms with Crippen LogP contribution in [0.25, 0.3) is 0 Å². The van der Waals surface area contributed by atoms with Crippen molar-refractivity contribution in [2.24, 2.45) is 0 Å². The van der Waals surface area contributed by atoms with E-state index in [-0.39, 0.29) is 0 Å². The maximum Gasteiger partial charge on any atom is 0.0616 e. The summed E-state index contributed by atoms with van der Waals surface area (Å²) in [4.78, 5) is 2.48. The lowest BCUT2D eigenvalue weighted by Crippen LogP contribution is -2.40. The molecule has 1 aliphatic rings. The SMILES string of the molecule is Clc1ccccc1C(c1ccccc1)N1CCC1. The van der Waals surface area contributed by atoms with E-state index >= 15 is 0 Å². The third-order valence-corrected chi connectivity index (χ3v) is 3.92. The van der Waals surface area contributed by atoms with Gasteiger partial charge in [0.05, 0.1) is 6.04 Å². The minimum atomic E-state index is 0.300. The summed E-state index contributed by atoms with van der Waals surface area (Å²) in [6, 6.07) is 19.1. The fourth-order valence-electron chi connectivity index (χ4n) is 2.52. The summed E-state index contributed by atoms with van der Waals surface area (Å²) in [5.74, 6) is 0. The second kappa shape index (κ2) is 5.13. The molecular formula is C16H16ClN. The molecule has 1 nitrogen and oxygen atoms in total. The van der Waals surface area contributed by atoms with E-state index in [4.69, 9.17) is 11.6 Å². The Balaban J connectivity index is 2.03. The Morgan fingerprint density at radius 3 is 2.17 bits per heavy atom. The summed E-state index contributed by atoms with van der Waals surface area (Å²) in [6.45, 7) is 2.32. The zero-order valence-electron chi connectivity index (χ0n) is 10.2. The van der Waals surface area contributed by atoms with Gasteiger partial charge in [0.2, 0.25) is 0 Å². The highest BCUT2D eigenvalue weighted by atomic mass is 35.5. The molecule has 1 fully saturated rings. The van der Waals surface area contributed by atoms with Crippen molar-refractivity contribution in [3.63, 3.8) is 0 Å². The van der Waals surface area contributed by atoms with Crippen LogP contribution in [-0.2, 0) is 0 Å². The lowest BCUT2D eigenvalue weighted by atomic mass is 9.94. The molecule has 0 aliphatic carbocycles. The van der Waals surface area contributed by atoms with Crippen LogP contribution in [0.1, 0.15) is 23.6 Å². The molecule has 0 amide bonds. The third kappa shape index (κ3) is 2.16. The molecule has 1 atom stereocenters. The molecule has 0 bridgehead atoms. The van der Waals surface area contributed by atoms with Gasteiger partial charge in [-0.25, -0.2) is 0 Å². The van der Waals surface area contributed by atoms with Gasteiger partial charge in [0, 0.05) is 18.1 Å². The molecule has 92 valence electrons. The molecule has 0 spiro atoms. The first-order chi connectivity index (χ1) is 8.86. The van der Waals surface area contributed by atoms with Crippen molar-refractivity contribution in [2.45, 2.75) is 12.5 Å². The Hall–Kier alpha value is -1.31. The topological polar surface area (TPSA) is 3.24 Å². The van der Waals surface area contributed by atoms with Crippen LogP contribution < -0.4 is 0 Å². The van der Waals surface area contributed by atoms with E-state index < -0.39 is 0 Å². The zero-order valence-corrected chi connectivity index (χ0v) is 11.0. The van der Waals surface area contributed by atoms with E-state index in [1.54, 1.807) is 0 Å². The fraction of sp³-hybridized carbons (Fsp3) is 0.250. The van der Waals surface area contributed by atoms with Crippen LogP contribution in [-0.4, -0.2) is 18.0 Å². The number of halogens is 1. The first-order valence-corrected chi connectivity index (χ1v) is 6.77. The lowest BCUT2D eigenvalue weighted by molar-refractivity contribution is 0.140. The van der Waals surface area contributed by atoms with Gasteiger partial charge in [-0.15, -0.1) is 0 Å². The average Bonchev–Trinajstić information content (AvgIpc) is 2.36. The summed E-state index contributed by atoms with van der Waals surface area (Å²) in [5.41, 5.74) is 2.54. The molecule has 3 rings (SSSR count). The van der Waals surface area contributed by atoms with Crippen molar-refractivity contribution in [3.8, 4) is 0 Å². The zero-order chi connectivity index (χ0) is 12.4. The number of likely N-dealkylation sites (tertiary alicyclic amines) is 1. The normalized spacial score (nSPS) is 17.2. The van der Waals surface area contributed by atoms with Gasteiger partial charge >= 0.3 is 0 Å². The second-order valence-electron chi connectivity index (χ2n) is 4.72. The monoisotopic (exact) mass is 257 g/mol. The van der Waals surface area contributed by atoms with Gasteiger partial charge in [0.25, 0.3) is 0 Å². The standard InChI is InChI=1S/C16H16ClN/c17-15-10-5-4-9-14(15)16(18-11-6-12-18)13-7-2-1-3-8-13/h1-5,7-10,16H,6,11-12H2. The highest BCUT2D eigenvalue weighted by molar-refractivity contribution is 6.31. The van der Waals surface area contributed by atoms with Crippen molar-refractivity contribution in [1.29, 1.82) is 0 Å². The molecule has 1 heterocycles. The van der Waals surface area contributed by atoms with Crippen LogP contribution in [0.3, 0.4) is 0 Å². The Bertz CT molecular complexity index is 520. The summed E-state index contributed by atoms with van der Waals surface area (Å²) >= 11 is 6.37. The van der Waals surface area contributed by atoms with Crippen LogP contribution in [0.2, 0.25) is 5.02 Å². The molecule has 2 aromatic carbocycles. The van der Waals surface area contributed by atoms with E-state index in [2.05, 4.69) is 47.4 Å². The van der Waals surface area contributed by atoms with Crippen molar-refractivity contribution in [3.05, 3.63) is 70.7 Å². The first-order valence-electron chi connectivity index (χ1n) is 6.40. The fourth-order valence-corrected chi connectivity index (χ4v) is 2.76. The average molecular weight is 258 g/mol. The molecule has 2 heteroatoms. The van der Waals surface area contributed by atoms with Gasteiger partial charge in [0.1, 0.15) is 0 Å². The van der Waals surface area contributed by atoms with Crippen LogP contribution >= 0.6 is 11.6 Å². The van der Waals surface area contributed by atoms with Crippen LogP contribution in [0.4, 0.5) is 0 Å². The van der Waals surface area contributed by atoms with E-state index in [9.17, 15) is 0 Å². The number of nitrogens with zero attached hydrogens (tertiary/aromatic N) is 1. The summed E-state index contributed by atoms with van der Waals surface area (Å²) in [6.07, 6.45) is 1.29. The van der Waals surface area contributed by atoms with E-state index in [0.29, 0.717) is 6.04 Å². The largest absolute Gasteiger partial charge is 0.292 e. The van der Waals surface area contributed by atoms with Gasteiger partial charge in [-0.05, 0) is 23.6 Å². The molecule has 18 heavy (non-hydrogen) atoms. The number of rotatable bonds is 3. The molecule has 2 aromatic rings. The van der Waals surface area contributed by atoms with E-state index in [1.807, 2.05) is 12.1 Å². The number of hydrogen-bond donors (Lipinski definition) is 0. The van der Waals surface area contributed by atoms with Crippen LogP contribution in [0, 0.1) is 0 Å². The van der Waals surface area contributed by atoms with Gasteiger partial charge in [-0.3, -0.25) is 4.90 Å². The third-order valence-electron chi connectivity index (χ3n) is 3.57. The van der Waals surface area contributed by atoms with Crippen molar-refractivity contribution in [2.75, 3.05) is 13.1 Å². The number of hydrogen-bond acceptors (Lipinski definition) is 1. The van der Waals surface area contributed by atoms with E-state index in [1.165, 1.54) is 17.5 Å². The van der Waals surface area contributed by atoms with Crippen LogP contribution in [0.5, 0.6) is 0 Å². The Morgan fingerprint density at radius 1 is 0.889 bits per heavy atom. The number of benzene rings is 2. The second-order valence-corrected chi connectivity index (χ2v) is 5.13. The minimum absolute atomic E-state index is 0.300. The minimum Gasteiger partial charge on any atom is -0.292 e. The summed E-state index contributed by atoms with van der Waals surface area (Å²) in [7, 11) is 0. The van der Waals surface area contributed by atoms with Crippen molar-refractivity contribution in [1.82, 2.24) is 4.90 Å². The molecule has 0 N–H and O–H groups in total. The van der Waals surface area contributed by atoms with Gasteiger partial charge < -0.3 is 0 Å². The summed E-state index contributed by atoms with van der Waals surface area (Å²) in [5, 5.41) is 0.859. The first kappa shape index (κ1) is 11.8. The Labute approximate surface area is 113 Å². The maximum atomic E-state index is 6.37. The highest BCUT2D eigenvalue weighted by Gasteiger charge is 2.27. The molecule has 0 aromatic heterocycles. The molecular weight excluding hydrogens is 242 g/mol. The van der Waals surface area contributed by atoms with Gasteiger partial charge in [-0.2, -0.15) is 0 Å². The molecule has 0 radical (unpaired) electrons. The Kier molecular flexibility index (Phi) is 3.35. The molecule has 1 unspecified atom stereocenters. The lowest BCUT2D eigenvalue weighted by Gasteiger charge is -2.39. The van der Waals surface area contributed by atoms with Gasteiger partial charge in [-0.1, -0.05) is 60.1 Å². The Morgan fingerprint density at radius 2 is 1.56 bits per heavy atom. The maximum absolute atomic E-state index is 6.37. The van der Waals surface area contributed by atoms with Gasteiger partial charge in [0.15, 0.2) is 0 Å². The quantitative estimate of drug-likeness (QED) is 0.799. The smallest absolute Gasteiger partial charge is 0.0616 e. The molecule has 1 aliphatic heterocycles. The van der Waals surface area contributed by atoms with E-state index in [0.717, 1.165) is 18.1 Å². The predicted octanol–water partition coefficient (Wildman–Crippen LogP) is 4.14. The van der Waals surface area contributed by atoms with Crippen LogP contribution in [0.15, 0.2) is 54.6 Å². The highest BCUT2D eigenvalue weighted by Crippen LogP contribution is 2.35.